The van der Waals surface area contributed by atoms with Gasteiger partial charge < -0.3 is 14.2 Å². The van der Waals surface area contributed by atoms with Crippen LogP contribution < -0.4 is 0 Å². The fraction of sp³-hybridized carbons (Fsp3) is 0.657. The van der Waals surface area contributed by atoms with Gasteiger partial charge in [0.25, 0.3) is 0 Å². The van der Waals surface area contributed by atoms with Crippen molar-refractivity contribution in [2.24, 2.45) is 0 Å². The van der Waals surface area contributed by atoms with Crippen molar-refractivity contribution in [1.29, 1.82) is 0 Å². The van der Waals surface area contributed by atoms with E-state index < -0.39 is 6.10 Å². The van der Waals surface area contributed by atoms with Crippen LogP contribution in [0.15, 0.2) is 122 Å². The average Bonchev–Trinajstić information content (AvgIpc) is 3.39. The number of ether oxygens (including phenoxy) is 3. The van der Waals surface area contributed by atoms with Gasteiger partial charge in [-0.05, 0) is 122 Å². The van der Waals surface area contributed by atoms with E-state index in [4.69, 9.17) is 14.2 Å². The number of carbonyl (C=O) groups excluding carboxylic acids is 3. The number of unbranched alkanes of at least 4 members (excludes halogenated alkanes) is 22. The highest BCUT2D eigenvalue weighted by Gasteiger charge is 2.19. The largest absolute Gasteiger partial charge is 0.462 e. The second-order valence-corrected chi connectivity index (χ2v) is 19.5. The summed E-state index contributed by atoms with van der Waals surface area (Å²) < 4.78 is 16.8. The van der Waals surface area contributed by atoms with E-state index in [9.17, 15) is 14.4 Å². The summed E-state index contributed by atoms with van der Waals surface area (Å²) in [7, 11) is 0. The fourth-order valence-electron chi connectivity index (χ4n) is 7.94. The normalized spacial score (nSPS) is 13.0. The minimum absolute atomic E-state index is 0.110. The molecule has 0 N–H and O–H groups in total. The monoisotopic (exact) mass is 1010 g/mol. The zero-order valence-electron chi connectivity index (χ0n) is 47.4. The third-order valence-corrected chi connectivity index (χ3v) is 12.4. The van der Waals surface area contributed by atoms with E-state index in [2.05, 4.69) is 136 Å². The van der Waals surface area contributed by atoms with E-state index in [1.807, 2.05) is 6.08 Å². The molecule has 0 rings (SSSR count). The molecule has 0 amide bonds. The molecule has 0 unspecified atom stereocenters. The van der Waals surface area contributed by atoms with E-state index >= 15 is 0 Å². The lowest BCUT2D eigenvalue weighted by atomic mass is 10.1. The maximum absolute atomic E-state index is 12.9. The van der Waals surface area contributed by atoms with Crippen LogP contribution >= 0.6 is 0 Å². The molecule has 0 spiro atoms. The number of hydrogen-bond acceptors (Lipinski definition) is 6. The van der Waals surface area contributed by atoms with Crippen molar-refractivity contribution in [3.05, 3.63) is 122 Å². The third kappa shape index (κ3) is 58.6. The molecule has 0 saturated heterocycles. The molecule has 0 radical (unpaired) electrons. The molecule has 0 fully saturated rings. The third-order valence-electron chi connectivity index (χ3n) is 12.4. The Morgan fingerprint density at radius 3 is 0.918 bits per heavy atom. The van der Waals surface area contributed by atoms with Crippen LogP contribution in [-0.2, 0) is 28.6 Å². The highest BCUT2D eigenvalue weighted by atomic mass is 16.6. The maximum atomic E-state index is 12.9. The van der Waals surface area contributed by atoms with Crippen molar-refractivity contribution in [1.82, 2.24) is 0 Å². The first-order valence-electron chi connectivity index (χ1n) is 30.0. The van der Waals surface area contributed by atoms with E-state index in [-0.39, 0.29) is 37.5 Å². The minimum Gasteiger partial charge on any atom is -0.462 e. The molecule has 0 aliphatic heterocycles. The Bertz CT molecular complexity index is 1540. The lowest BCUT2D eigenvalue weighted by Crippen LogP contribution is -2.30. The maximum Gasteiger partial charge on any atom is 0.306 e. The van der Waals surface area contributed by atoms with Crippen LogP contribution in [0.2, 0.25) is 0 Å². The molecule has 6 heteroatoms. The van der Waals surface area contributed by atoms with Crippen molar-refractivity contribution in [2.75, 3.05) is 13.2 Å². The predicted molar refractivity (Wildman–Crippen MR) is 316 cm³/mol. The van der Waals surface area contributed by atoms with Gasteiger partial charge in [-0.3, -0.25) is 14.4 Å². The Hall–Kier alpha value is -4.19. The Labute approximate surface area is 450 Å². The molecule has 0 aliphatic rings. The van der Waals surface area contributed by atoms with Gasteiger partial charge in [-0.1, -0.05) is 245 Å². The van der Waals surface area contributed by atoms with Gasteiger partial charge in [0.05, 0.1) is 0 Å². The fourth-order valence-corrected chi connectivity index (χ4v) is 7.94. The molecule has 1 atom stereocenters. The standard InChI is InChI=1S/C67H110O6/c1-4-7-10-13-16-19-22-25-28-31-33-36-39-42-45-48-51-54-57-60-66(69)72-63-64(62-71-65(68)59-56-53-50-47-44-41-38-35-30-27-24-21-18-15-12-9-6-3)73-67(70)61-58-55-52-49-46-43-40-37-34-32-29-26-23-20-17-14-11-8-5-2/h7,10,16-21,25-30,33,36,42,45,51,54,64H,4-6,8-9,11-15,22-24,31-32,34-35,37-41,43-44,46-50,52-53,55-63H2,1-3H3/b10-7-,19-16-,20-17-,21-18-,28-25-,29-26-,30-27-,36-33-,45-42-,54-51-/t64-/m0/s1. The first kappa shape index (κ1) is 68.8. The van der Waals surface area contributed by atoms with E-state index in [0.717, 1.165) is 96.3 Å². The van der Waals surface area contributed by atoms with Gasteiger partial charge in [0.1, 0.15) is 13.2 Å². The van der Waals surface area contributed by atoms with Gasteiger partial charge >= 0.3 is 17.9 Å². The van der Waals surface area contributed by atoms with E-state index in [1.54, 1.807) is 0 Å². The summed E-state index contributed by atoms with van der Waals surface area (Å²) in [6, 6.07) is 0. The molecule has 0 aromatic heterocycles. The number of hydrogen-bond donors (Lipinski definition) is 0. The summed E-state index contributed by atoms with van der Waals surface area (Å²) in [5, 5.41) is 0. The summed E-state index contributed by atoms with van der Waals surface area (Å²) in [5.74, 6) is -1.01. The van der Waals surface area contributed by atoms with Crippen molar-refractivity contribution in [2.45, 2.75) is 271 Å². The molecule has 0 aliphatic carbocycles. The highest BCUT2D eigenvalue weighted by molar-refractivity contribution is 5.71. The second kappa shape index (κ2) is 60.4. The summed E-state index contributed by atoms with van der Waals surface area (Å²) in [6.07, 6.45) is 83.4. The second-order valence-electron chi connectivity index (χ2n) is 19.5. The number of esters is 3. The van der Waals surface area contributed by atoms with Crippen LogP contribution in [0.25, 0.3) is 0 Å². The van der Waals surface area contributed by atoms with Crippen LogP contribution in [0.3, 0.4) is 0 Å². The lowest BCUT2D eigenvalue weighted by molar-refractivity contribution is -0.166. The van der Waals surface area contributed by atoms with Crippen LogP contribution in [0, 0.1) is 0 Å². The molecule has 6 nitrogen and oxygen atoms in total. The molecule has 0 aromatic carbocycles. The zero-order chi connectivity index (χ0) is 52.9. The van der Waals surface area contributed by atoms with Crippen molar-refractivity contribution in [3.8, 4) is 0 Å². The van der Waals surface area contributed by atoms with Gasteiger partial charge in [0, 0.05) is 19.3 Å². The first-order chi connectivity index (χ1) is 36.0. The minimum atomic E-state index is -0.819. The van der Waals surface area contributed by atoms with Crippen LogP contribution in [0.5, 0.6) is 0 Å². The topological polar surface area (TPSA) is 78.9 Å². The number of carbonyl (C=O) groups is 3. The smallest absolute Gasteiger partial charge is 0.306 e. The van der Waals surface area contributed by atoms with Crippen molar-refractivity contribution >= 4 is 17.9 Å². The van der Waals surface area contributed by atoms with Gasteiger partial charge in [-0.25, -0.2) is 0 Å². The van der Waals surface area contributed by atoms with Gasteiger partial charge in [0.15, 0.2) is 6.10 Å². The molecule has 414 valence electrons. The summed E-state index contributed by atoms with van der Waals surface area (Å²) in [6.45, 7) is 6.41. The molecular weight excluding hydrogens is 901 g/mol. The molecule has 73 heavy (non-hydrogen) atoms. The van der Waals surface area contributed by atoms with Crippen LogP contribution in [0.1, 0.15) is 265 Å². The average molecular weight is 1010 g/mol. The first-order valence-corrected chi connectivity index (χ1v) is 30.0. The van der Waals surface area contributed by atoms with E-state index in [0.29, 0.717) is 19.3 Å². The van der Waals surface area contributed by atoms with Gasteiger partial charge in [-0.15, -0.1) is 0 Å². The summed E-state index contributed by atoms with van der Waals surface area (Å²) in [5.41, 5.74) is 0. The summed E-state index contributed by atoms with van der Waals surface area (Å²) in [4.78, 5) is 38.2. The molecule has 0 heterocycles. The Morgan fingerprint density at radius 2 is 0.562 bits per heavy atom. The summed E-state index contributed by atoms with van der Waals surface area (Å²) >= 11 is 0. The molecule has 0 bridgehead atoms. The van der Waals surface area contributed by atoms with Crippen molar-refractivity contribution in [3.63, 3.8) is 0 Å². The lowest BCUT2D eigenvalue weighted by Gasteiger charge is -2.18. The Kier molecular flexibility index (Phi) is 56.9. The Balaban J connectivity index is 4.53. The quantitative estimate of drug-likeness (QED) is 0.0261. The Morgan fingerprint density at radius 1 is 0.288 bits per heavy atom. The van der Waals surface area contributed by atoms with Crippen LogP contribution in [0.4, 0.5) is 0 Å². The van der Waals surface area contributed by atoms with E-state index in [1.165, 1.54) is 122 Å². The predicted octanol–water partition coefficient (Wildman–Crippen LogP) is 20.4. The molecular formula is C67H110O6. The SMILES string of the molecule is CC/C=C\C/C=C\C/C=C\C/C=C\C/C=C\C/C=C\CCC(=O)OC[C@H](COC(=O)CCCCCCCCC/C=C\C/C=C\CCCCC)OC(=O)CCCCCCCCCCC/C=C\C/C=C\CCCCC. The molecule has 0 saturated carbocycles. The van der Waals surface area contributed by atoms with Crippen LogP contribution in [-0.4, -0.2) is 37.2 Å². The highest BCUT2D eigenvalue weighted by Crippen LogP contribution is 2.14. The van der Waals surface area contributed by atoms with Crippen molar-refractivity contribution < 1.29 is 28.6 Å². The molecule has 0 aromatic rings. The number of rotatable bonds is 53. The van der Waals surface area contributed by atoms with Gasteiger partial charge in [0.2, 0.25) is 0 Å². The number of allylic oxidation sites excluding steroid dienone is 20. The van der Waals surface area contributed by atoms with Gasteiger partial charge in [-0.2, -0.15) is 0 Å². The zero-order valence-corrected chi connectivity index (χ0v) is 47.4.